The smallest absolute Gasteiger partial charge is 0.185 e. The van der Waals surface area contributed by atoms with Gasteiger partial charge in [0.05, 0.1) is 8.66 Å². The van der Waals surface area contributed by atoms with Crippen molar-refractivity contribution in [2.24, 2.45) is 5.16 Å². The van der Waals surface area contributed by atoms with Crippen LogP contribution in [0.5, 0.6) is 0 Å². The quantitative estimate of drug-likeness (QED) is 0.373. The number of rotatable bonds is 1. The molecule has 1 aliphatic heterocycles. The van der Waals surface area contributed by atoms with Gasteiger partial charge >= 0.3 is 0 Å². The van der Waals surface area contributed by atoms with E-state index in [0.29, 0.717) is 5.84 Å². The van der Waals surface area contributed by atoms with E-state index >= 15 is 0 Å². The number of piperazine rings is 1. The first kappa shape index (κ1) is 11.9. The molecule has 6 heteroatoms. The molecule has 0 aromatic carbocycles. The average molecular weight is 304 g/mol. The van der Waals surface area contributed by atoms with Gasteiger partial charge in [-0.3, -0.25) is 0 Å². The predicted octanol–water partition coefficient (Wildman–Crippen LogP) is 1.89. The Hall–Kier alpha value is -0.590. The Kier molecular flexibility index (Phi) is 3.83. The molecular formula is C10H14BrN3OS. The second-order valence-electron chi connectivity index (χ2n) is 3.82. The molecule has 2 rings (SSSR count). The van der Waals surface area contributed by atoms with E-state index in [1.165, 1.54) is 0 Å². The molecule has 88 valence electrons. The maximum absolute atomic E-state index is 9.13. The molecule has 0 aliphatic carbocycles. The highest BCUT2D eigenvalue weighted by atomic mass is 79.9. The summed E-state index contributed by atoms with van der Waals surface area (Å²) in [5.74, 6) is 0.684. The third-order valence-electron chi connectivity index (χ3n) is 2.69. The van der Waals surface area contributed by atoms with Gasteiger partial charge < -0.3 is 15.0 Å². The summed E-state index contributed by atoms with van der Waals surface area (Å²) < 4.78 is 1.05. The molecule has 1 N–H and O–H groups in total. The van der Waals surface area contributed by atoms with E-state index in [-0.39, 0.29) is 0 Å². The lowest BCUT2D eigenvalue weighted by Gasteiger charge is -2.33. The molecular weight excluding hydrogens is 290 g/mol. The molecule has 1 aromatic rings. The van der Waals surface area contributed by atoms with Crippen LogP contribution in [0.3, 0.4) is 0 Å². The van der Waals surface area contributed by atoms with Crippen LogP contribution in [-0.4, -0.2) is 54.1 Å². The van der Waals surface area contributed by atoms with Crippen molar-refractivity contribution in [1.29, 1.82) is 0 Å². The van der Waals surface area contributed by atoms with Crippen molar-refractivity contribution in [3.05, 3.63) is 20.8 Å². The number of hydrogen-bond donors (Lipinski definition) is 1. The van der Waals surface area contributed by atoms with Crippen molar-refractivity contribution in [2.45, 2.75) is 0 Å². The van der Waals surface area contributed by atoms with Crippen LogP contribution >= 0.6 is 27.3 Å². The highest BCUT2D eigenvalue weighted by Gasteiger charge is 2.20. The van der Waals surface area contributed by atoms with E-state index in [4.69, 9.17) is 5.21 Å². The van der Waals surface area contributed by atoms with E-state index in [1.54, 1.807) is 11.3 Å². The van der Waals surface area contributed by atoms with Gasteiger partial charge in [-0.25, -0.2) is 0 Å². The lowest BCUT2D eigenvalue weighted by molar-refractivity contribution is 0.208. The Morgan fingerprint density at radius 3 is 2.56 bits per heavy atom. The van der Waals surface area contributed by atoms with Crippen LogP contribution in [0.25, 0.3) is 0 Å². The van der Waals surface area contributed by atoms with Gasteiger partial charge in [-0.05, 0) is 35.1 Å². The molecule has 2 heterocycles. The minimum atomic E-state index is 0.684. The third-order valence-corrected chi connectivity index (χ3v) is 4.31. The Balaban J connectivity index is 2.12. The van der Waals surface area contributed by atoms with Gasteiger partial charge in [0, 0.05) is 26.2 Å². The molecule has 1 aliphatic rings. The van der Waals surface area contributed by atoms with E-state index in [1.807, 2.05) is 12.1 Å². The maximum atomic E-state index is 9.13. The van der Waals surface area contributed by atoms with Crippen molar-refractivity contribution in [3.8, 4) is 0 Å². The Morgan fingerprint density at radius 2 is 2.06 bits per heavy atom. The van der Waals surface area contributed by atoms with Crippen LogP contribution in [0.2, 0.25) is 0 Å². The summed E-state index contributed by atoms with van der Waals surface area (Å²) in [4.78, 5) is 5.40. The van der Waals surface area contributed by atoms with Crippen LogP contribution in [-0.2, 0) is 0 Å². The summed E-state index contributed by atoms with van der Waals surface area (Å²) in [7, 11) is 2.11. The molecule has 4 nitrogen and oxygen atoms in total. The number of amidine groups is 1. The zero-order valence-electron chi connectivity index (χ0n) is 9.06. The van der Waals surface area contributed by atoms with E-state index < -0.39 is 0 Å². The summed E-state index contributed by atoms with van der Waals surface area (Å²) in [5, 5.41) is 12.6. The summed E-state index contributed by atoms with van der Waals surface area (Å²) in [6.07, 6.45) is 0. The molecule has 0 atom stereocenters. The highest BCUT2D eigenvalue weighted by Crippen LogP contribution is 2.24. The fourth-order valence-electron chi connectivity index (χ4n) is 1.72. The van der Waals surface area contributed by atoms with Crippen molar-refractivity contribution >= 4 is 33.1 Å². The number of nitrogens with zero attached hydrogens (tertiary/aromatic N) is 3. The number of halogens is 1. The molecule has 0 amide bonds. The Labute approximate surface area is 107 Å². The zero-order valence-corrected chi connectivity index (χ0v) is 11.5. The van der Waals surface area contributed by atoms with Gasteiger partial charge in [0.15, 0.2) is 5.84 Å². The standard InChI is InChI=1S/C10H14BrN3OS/c1-13-4-6-14(7-5-13)10(12-15)8-2-3-9(11)16-8/h2-3,15H,4-7H2,1H3/b12-10+. The van der Waals surface area contributed by atoms with Gasteiger partial charge in [-0.15, -0.1) is 11.3 Å². The van der Waals surface area contributed by atoms with Gasteiger partial charge in [-0.1, -0.05) is 5.16 Å². The first-order valence-electron chi connectivity index (χ1n) is 5.12. The number of likely N-dealkylation sites (N-methyl/N-ethyl adjacent to an activating group) is 1. The third kappa shape index (κ3) is 2.56. The summed E-state index contributed by atoms with van der Waals surface area (Å²) in [5.41, 5.74) is 0. The Bertz CT molecular complexity index is 385. The summed E-state index contributed by atoms with van der Waals surface area (Å²) in [6, 6.07) is 3.95. The molecule has 0 radical (unpaired) electrons. The molecule has 0 unspecified atom stereocenters. The van der Waals surface area contributed by atoms with Crippen molar-refractivity contribution < 1.29 is 5.21 Å². The van der Waals surface area contributed by atoms with E-state index in [9.17, 15) is 0 Å². The van der Waals surface area contributed by atoms with Gasteiger partial charge in [0.25, 0.3) is 0 Å². The predicted molar refractivity (Wildman–Crippen MR) is 69.4 cm³/mol. The van der Waals surface area contributed by atoms with Crippen molar-refractivity contribution in [2.75, 3.05) is 33.2 Å². The van der Waals surface area contributed by atoms with Gasteiger partial charge in [0.2, 0.25) is 0 Å². The van der Waals surface area contributed by atoms with Gasteiger partial charge in [0.1, 0.15) is 0 Å². The topological polar surface area (TPSA) is 39.1 Å². The second-order valence-corrected chi connectivity index (χ2v) is 6.28. The van der Waals surface area contributed by atoms with Crippen LogP contribution < -0.4 is 0 Å². The van der Waals surface area contributed by atoms with Crippen molar-refractivity contribution in [1.82, 2.24) is 9.80 Å². The summed E-state index contributed by atoms with van der Waals surface area (Å²) in [6.45, 7) is 3.83. The van der Waals surface area contributed by atoms with Crippen LogP contribution in [0.4, 0.5) is 0 Å². The molecule has 16 heavy (non-hydrogen) atoms. The minimum absolute atomic E-state index is 0.684. The van der Waals surface area contributed by atoms with Gasteiger partial charge in [-0.2, -0.15) is 0 Å². The average Bonchev–Trinajstić information content (AvgIpc) is 2.69. The van der Waals surface area contributed by atoms with Crippen LogP contribution in [0.15, 0.2) is 21.1 Å². The first-order valence-corrected chi connectivity index (χ1v) is 6.73. The lowest BCUT2D eigenvalue weighted by Crippen LogP contribution is -2.47. The largest absolute Gasteiger partial charge is 0.409 e. The second kappa shape index (κ2) is 5.16. The maximum Gasteiger partial charge on any atom is 0.185 e. The molecule has 1 aromatic heterocycles. The summed E-state index contributed by atoms with van der Waals surface area (Å²) >= 11 is 5.00. The molecule has 1 fully saturated rings. The van der Waals surface area contributed by atoms with E-state index in [0.717, 1.165) is 34.8 Å². The highest BCUT2D eigenvalue weighted by molar-refractivity contribution is 9.11. The first-order chi connectivity index (χ1) is 7.70. The Morgan fingerprint density at radius 1 is 1.38 bits per heavy atom. The SMILES string of the molecule is CN1CCN(/C(=N/O)c2ccc(Br)s2)CC1. The monoisotopic (exact) mass is 303 g/mol. The van der Waals surface area contributed by atoms with Crippen LogP contribution in [0, 0.1) is 0 Å². The van der Waals surface area contributed by atoms with Crippen LogP contribution in [0.1, 0.15) is 4.88 Å². The number of hydrogen-bond acceptors (Lipinski definition) is 4. The van der Waals surface area contributed by atoms with E-state index in [2.05, 4.69) is 37.9 Å². The normalized spacial score (nSPS) is 19.1. The lowest BCUT2D eigenvalue weighted by atomic mass is 10.3. The molecule has 1 saturated heterocycles. The fraction of sp³-hybridized carbons (Fsp3) is 0.500. The van der Waals surface area contributed by atoms with Crippen molar-refractivity contribution in [3.63, 3.8) is 0 Å². The number of thiophene rings is 1. The molecule has 0 saturated carbocycles. The number of oxime groups is 1. The molecule has 0 bridgehead atoms. The zero-order chi connectivity index (χ0) is 11.5. The fourth-order valence-corrected chi connectivity index (χ4v) is 3.12. The molecule has 0 spiro atoms. The minimum Gasteiger partial charge on any atom is -0.409 e.